The third-order valence-electron chi connectivity index (χ3n) is 3.42. The molecule has 0 aromatic carbocycles. The zero-order chi connectivity index (χ0) is 13.1. The van der Waals surface area contributed by atoms with Crippen LogP contribution in [0, 0.1) is 17.2 Å². The van der Waals surface area contributed by atoms with E-state index in [2.05, 4.69) is 16.4 Å². The largest absolute Gasteiger partial charge is 0.391 e. The maximum absolute atomic E-state index is 9.77. The molecule has 1 unspecified atom stereocenters. The number of aromatic nitrogens is 1. The molecule has 0 radical (unpaired) electrons. The van der Waals surface area contributed by atoms with E-state index in [4.69, 9.17) is 5.26 Å². The van der Waals surface area contributed by atoms with Crippen molar-refractivity contribution in [3.05, 3.63) is 22.9 Å². The van der Waals surface area contributed by atoms with Gasteiger partial charge in [-0.2, -0.15) is 5.26 Å². The van der Waals surface area contributed by atoms with Gasteiger partial charge < -0.3 is 10.4 Å². The van der Waals surface area contributed by atoms with Crippen molar-refractivity contribution < 1.29 is 5.11 Å². The Kier molecular flexibility index (Phi) is 3.83. The van der Waals surface area contributed by atoms with Crippen molar-refractivity contribution in [3.63, 3.8) is 0 Å². The van der Waals surface area contributed by atoms with Gasteiger partial charge in [0.1, 0.15) is 11.9 Å². The maximum Gasteiger partial charge on any atom is 0.144 e. The Morgan fingerprint density at radius 1 is 1.50 bits per heavy atom. The van der Waals surface area contributed by atoms with E-state index >= 15 is 0 Å². The van der Waals surface area contributed by atoms with Crippen molar-refractivity contribution in [1.29, 1.82) is 5.26 Å². The van der Waals surface area contributed by atoms with Gasteiger partial charge in [0.15, 0.2) is 0 Å². The molecule has 0 fully saturated rings. The van der Waals surface area contributed by atoms with Gasteiger partial charge in [-0.3, -0.25) is 0 Å². The van der Waals surface area contributed by atoms with E-state index in [0.717, 1.165) is 25.0 Å². The highest BCUT2D eigenvalue weighted by atomic mass is 16.3. The van der Waals surface area contributed by atoms with Crippen molar-refractivity contribution in [3.8, 4) is 6.07 Å². The van der Waals surface area contributed by atoms with Gasteiger partial charge in [0, 0.05) is 12.2 Å². The number of pyridine rings is 1. The van der Waals surface area contributed by atoms with Gasteiger partial charge in [0.25, 0.3) is 0 Å². The molecular formula is C14H19N3O. The number of aliphatic hydroxyl groups is 1. The van der Waals surface area contributed by atoms with E-state index < -0.39 is 6.10 Å². The molecule has 0 bridgehead atoms. The summed E-state index contributed by atoms with van der Waals surface area (Å²) in [5.74, 6) is 0.801. The molecular weight excluding hydrogens is 226 g/mol. The van der Waals surface area contributed by atoms with Gasteiger partial charge in [0.2, 0.25) is 0 Å². The molecule has 4 nitrogen and oxygen atoms in total. The van der Waals surface area contributed by atoms with E-state index in [1.165, 1.54) is 5.56 Å². The predicted molar refractivity (Wildman–Crippen MR) is 70.3 cm³/mol. The molecule has 0 amide bonds. The predicted octanol–water partition coefficient (Wildman–Crippen LogP) is 1.87. The molecule has 2 rings (SSSR count). The minimum absolute atomic E-state index is 0.192. The van der Waals surface area contributed by atoms with Crippen LogP contribution in [0.4, 0.5) is 5.82 Å². The van der Waals surface area contributed by atoms with Crippen LogP contribution in [0.2, 0.25) is 0 Å². The fraction of sp³-hybridized carbons (Fsp3) is 0.571. The summed E-state index contributed by atoms with van der Waals surface area (Å²) >= 11 is 0. The number of nitrogens with one attached hydrogen (secondary N) is 1. The van der Waals surface area contributed by atoms with E-state index in [1.54, 1.807) is 0 Å². The van der Waals surface area contributed by atoms with Gasteiger partial charge in [-0.1, -0.05) is 13.8 Å². The Hall–Kier alpha value is -1.60. The quantitative estimate of drug-likeness (QED) is 0.849. The van der Waals surface area contributed by atoms with Gasteiger partial charge in [-0.15, -0.1) is 0 Å². The minimum Gasteiger partial charge on any atom is -0.391 e. The van der Waals surface area contributed by atoms with Gasteiger partial charge >= 0.3 is 0 Å². The first kappa shape index (κ1) is 12.8. The minimum atomic E-state index is -0.424. The molecule has 4 heteroatoms. The smallest absolute Gasteiger partial charge is 0.144 e. The fourth-order valence-electron chi connectivity index (χ4n) is 2.13. The van der Waals surface area contributed by atoms with Crippen LogP contribution >= 0.6 is 0 Å². The van der Waals surface area contributed by atoms with E-state index in [-0.39, 0.29) is 5.92 Å². The lowest BCUT2D eigenvalue weighted by atomic mass is 10.1. The summed E-state index contributed by atoms with van der Waals surface area (Å²) in [5.41, 5.74) is 2.86. The first-order valence-corrected chi connectivity index (χ1v) is 6.46. The monoisotopic (exact) mass is 245 g/mol. The lowest BCUT2D eigenvalue weighted by molar-refractivity contribution is 0.138. The molecule has 1 aromatic heterocycles. The van der Waals surface area contributed by atoms with Crippen LogP contribution in [0.15, 0.2) is 6.07 Å². The molecule has 1 aliphatic carbocycles. The molecule has 0 saturated carbocycles. The molecule has 1 heterocycles. The van der Waals surface area contributed by atoms with Crippen molar-refractivity contribution >= 4 is 5.82 Å². The summed E-state index contributed by atoms with van der Waals surface area (Å²) in [6, 6.07) is 4.10. The van der Waals surface area contributed by atoms with Crippen molar-refractivity contribution in [1.82, 2.24) is 4.98 Å². The summed E-state index contributed by atoms with van der Waals surface area (Å²) in [4.78, 5) is 4.51. The number of hydrogen-bond acceptors (Lipinski definition) is 4. The number of nitriles is 1. The van der Waals surface area contributed by atoms with Crippen LogP contribution in [0.25, 0.3) is 0 Å². The zero-order valence-electron chi connectivity index (χ0n) is 10.9. The number of anilines is 1. The first-order valence-electron chi connectivity index (χ1n) is 6.46. The van der Waals surface area contributed by atoms with Gasteiger partial charge in [0.05, 0.1) is 11.7 Å². The van der Waals surface area contributed by atoms with Crippen molar-refractivity contribution in [2.24, 2.45) is 5.92 Å². The molecule has 0 aliphatic heterocycles. The van der Waals surface area contributed by atoms with E-state index in [9.17, 15) is 5.11 Å². The number of nitrogens with zero attached hydrogens (tertiary/aromatic N) is 2. The Balaban J connectivity index is 2.15. The Morgan fingerprint density at radius 3 is 2.94 bits per heavy atom. The Morgan fingerprint density at radius 2 is 2.28 bits per heavy atom. The van der Waals surface area contributed by atoms with Crippen molar-refractivity contribution in [2.75, 3.05) is 11.9 Å². The molecule has 1 atom stereocenters. The average Bonchev–Trinajstić information content (AvgIpc) is 2.81. The topological polar surface area (TPSA) is 68.9 Å². The highest BCUT2D eigenvalue weighted by Gasteiger charge is 2.17. The molecule has 0 spiro atoms. The summed E-state index contributed by atoms with van der Waals surface area (Å²) < 4.78 is 0. The average molecular weight is 245 g/mol. The Labute approximate surface area is 108 Å². The second-order valence-electron chi connectivity index (χ2n) is 5.15. The van der Waals surface area contributed by atoms with Crippen LogP contribution in [0.1, 0.15) is 37.1 Å². The third-order valence-corrected chi connectivity index (χ3v) is 3.42. The molecule has 0 saturated heterocycles. The Bertz CT molecular complexity index is 477. The lowest BCUT2D eigenvalue weighted by Crippen LogP contribution is -2.25. The highest BCUT2D eigenvalue weighted by Crippen LogP contribution is 2.24. The van der Waals surface area contributed by atoms with Crippen LogP contribution in [-0.2, 0) is 12.8 Å². The SMILES string of the molecule is CC(C)C(O)CNc1nc2c(cc1C#N)CCC2. The summed E-state index contributed by atoms with van der Waals surface area (Å²) in [5, 5.41) is 22.0. The summed E-state index contributed by atoms with van der Waals surface area (Å²) in [7, 11) is 0. The van der Waals surface area contributed by atoms with E-state index in [0.29, 0.717) is 17.9 Å². The standard InChI is InChI=1S/C14H19N3O/c1-9(2)13(18)8-16-14-11(7-15)6-10-4-3-5-12(10)17-14/h6,9,13,18H,3-5,8H2,1-2H3,(H,16,17). The van der Waals surface area contributed by atoms with Crippen molar-refractivity contribution in [2.45, 2.75) is 39.2 Å². The van der Waals surface area contributed by atoms with Gasteiger partial charge in [-0.05, 0) is 36.8 Å². The lowest BCUT2D eigenvalue weighted by Gasteiger charge is -2.16. The first-order chi connectivity index (χ1) is 8.61. The maximum atomic E-state index is 9.77. The molecule has 1 aromatic rings. The number of aliphatic hydroxyl groups excluding tert-OH is 1. The number of hydrogen-bond donors (Lipinski definition) is 2. The summed E-state index contributed by atoms with van der Waals surface area (Å²) in [6.07, 6.45) is 2.70. The second-order valence-corrected chi connectivity index (χ2v) is 5.15. The van der Waals surface area contributed by atoms with Crippen LogP contribution in [0.5, 0.6) is 0 Å². The number of aryl methyl sites for hydroxylation is 2. The van der Waals surface area contributed by atoms with Gasteiger partial charge in [-0.25, -0.2) is 4.98 Å². The summed E-state index contributed by atoms with van der Waals surface area (Å²) in [6.45, 7) is 4.36. The van der Waals surface area contributed by atoms with E-state index in [1.807, 2.05) is 19.9 Å². The normalized spacial score (nSPS) is 15.3. The third kappa shape index (κ3) is 2.62. The number of fused-ring (bicyclic) bond motifs is 1. The van der Waals surface area contributed by atoms with Crippen LogP contribution in [-0.4, -0.2) is 22.7 Å². The number of rotatable bonds is 4. The zero-order valence-corrected chi connectivity index (χ0v) is 10.9. The highest BCUT2D eigenvalue weighted by molar-refractivity contribution is 5.55. The molecule has 18 heavy (non-hydrogen) atoms. The second kappa shape index (κ2) is 5.36. The fourth-order valence-corrected chi connectivity index (χ4v) is 2.13. The molecule has 96 valence electrons. The van der Waals surface area contributed by atoms with Crippen LogP contribution < -0.4 is 5.32 Å². The van der Waals surface area contributed by atoms with Crippen LogP contribution in [0.3, 0.4) is 0 Å². The molecule has 2 N–H and O–H groups in total. The molecule has 1 aliphatic rings.